The highest BCUT2D eigenvalue weighted by Crippen LogP contribution is 2.75. The molecular formula is C129H210O12. The van der Waals surface area contributed by atoms with Crippen molar-refractivity contribution in [3.63, 3.8) is 0 Å². The molecule has 3 N–H and O–H groups in total. The Morgan fingerprint density at radius 1 is 0.326 bits per heavy atom. The van der Waals surface area contributed by atoms with Gasteiger partial charge in [-0.3, -0.25) is 38.4 Å². The van der Waals surface area contributed by atoms with Crippen LogP contribution in [-0.2, 0) is 43.1 Å². The van der Waals surface area contributed by atoms with E-state index in [9.17, 15) is 53.7 Å². The molecule has 141 heavy (non-hydrogen) atoms. The van der Waals surface area contributed by atoms with Gasteiger partial charge in [-0.25, -0.2) is 0 Å². The monoisotopic (exact) mass is 1950 g/mol. The fourth-order valence-corrected chi connectivity index (χ4v) is 43.1. The summed E-state index contributed by atoms with van der Waals surface area (Å²) >= 11 is 0. The predicted octanol–water partition coefficient (Wildman–Crippen LogP) is 31.3. The predicted molar refractivity (Wildman–Crippen MR) is 576 cm³/mol. The highest BCUT2D eigenvalue weighted by atomic mass is 16.6. The van der Waals surface area contributed by atoms with Gasteiger partial charge in [-0.2, -0.15) is 0 Å². The lowest BCUT2D eigenvalue weighted by Crippen LogP contribution is -2.56. The van der Waals surface area contributed by atoms with Gasteiger partial charge in [0.25, 0.3) is 0 Å². The molecule has 0 aromatic carbocycles. The number of carbonyl (C=O) groups is 8. The summed E-state index contributed by atoms with van der Waals surface area (Å²) in [5.74, 6) is 18.9. The minimum Gasteiger partial charge on any atom is -0.395 e. The van der Waals surface area contributed by atoms with Crippen LogP contribution in [0.15, 0.2) is 46.6 Å². The Kier molecular flexibility index (Phi) is 33.8. The van der Waals surface area contributed by atoms with Gasteiger partial charge in [-0.05, 0) is 484 Å². The molecule has 36 atom stereocenters. The van der Waals surface area contributed by atoms with Gasteiger partial charge in [0.05, 0.1) is 30.5 Å². The number of Topliss-reactive ketones (excluding diaryl/α,β-unsaturated/α-hetero) is 6. The average Bonchev–Trinajstić information content (AvgIpc) is 1.45. The number of ketones is 8. The molecule has 12 nitrogen and oxygen atoms in total. The minimum absolute atomic E-state index is 0. The third kappa shape index (κ3) is 17.8. The molecule has 25 aliphatic rings. The van der Waals surface area contributed by atoms with Crippen LogP contribution < -0.4 is 0 Å². The zero-order chi connectivity index (χ0) is 94.5. The molecule has 798 valence electrons. The van der Waals surface area contributed by atoms with Gasteiger partial charge >= 0.3 is 0 Å². The first-order valence-corrected chi connectivity index (χ1v) is 57.6. The third-order valence-corrected chi connectivity index (χ3v) is 51.0. The van der Waals surface area contributed by atoms with Crippen molar-refractivity contribution in [2.24, 2.45) is 189 Å². The van der Waals surface area contributed by atoms with Gasteiger partial charge in [0, 0.05) is 90.3 Å². The second-order valence-corrected chi connectivity index (χ2v) is 54.3. The molecule has 21 fully saturated rings. The minimum atomic E-state index is -0.428. The van der Waals surface area contributed by atoms with Crippen LogP contribution in [0, 0.1) is 189 Å². The summed E-state index contributed by atoms with van der Waals surface area (Å²) in [4.78, 5) is 97.9. The van der Waals surface area contributed by atoms with E-state index < -0.39 is 5.60 Å². The van der Waals surface area contributed by atoms with Crippen LogP contribution in [0.3, 0.4) is 0 Å². The van der Waals surface area contributed by atoms with E-state index in [1.165, 1.54) is 191 Å². The third-order valence-electron chi connectivity index (χ3n) is 51.0. The van der Waals surface area contributed by atoms with Gasteiger partial charge in [0.2, 0.25) is 0 Å². The van der Waals surface area contributed by atoms with Crippen molar-refractivity contribution in [3.8, 4) is 0 Å². The molecule has 1 heterocycles. The van der Waals surface area contributed by atoms with E-state index in [0.717, 1.165) is 250 Å². The Labute approximate surface area is 860 Å². The van der Waals surface area contributed by atoms with Crippen molar-refractivity contribution in [1.29, 1.82) is 0 Å². The average molecular weight is 1950 g/mol. The van der Waals surface area contributed by atoms with E-state index in [-0.39, 0.29) is 114 Å². The number of aliphatic hydroxyl groups is 3. The van der Waals surface area contributed by atoms with Crippen molar-refractivity contribution in [3.05, 3.63) is 46.6 Å². The molecule has 1 saturated heterocycles. The molecule has 0 radical (unpaired) electrons. The zero-order valence-electron chi connectivity index (χ0n) is 86.3. The fourth-order valence-electron chi connectivity index (χ4n) is 43.1. The maximum absolute atomic E-state index is 12.5. The molecule has 24 aliphatic carbocycles. The van der Waals surface area contributed by atoms with E-state index in [0.29, 0.717) is 122 Å². The number of allylic oxidation sites excluding steroid dienone is 5. The van der Waals surface area contributed by atoms with Crippen molar-refractivity contribution in [1.82, 2.24) is 0 Å². The van der Waals surface area contributed by atoms with Crippen LogP contribution in [0.2, 0.25) is 0 Å². The van der Waals surface area contributed by atoms with Crippen molar-refractivity contribution in [2.75, 3.05) is 13.2 Å². The lowest BCUT2D eigenvalue weighted by molar-refractivity contribution is -0.159. The number of carbonyl (C=O) groups excluding carboxylic acids is 8. The first-order chi connectivity index (χ1) is 63.9. The maximum Gasteiger partial charge on any atom is 0.155 e. The lowest BCUT2D eigenvalue weighted by atomic mass is 9.43. The molecule has 1 unspecified atom stereocenters. The van der Waals surface area contributed by atoms with E-state index in [1.54, 1.807) is 11.1 Å². The SMILES string of the molecule is C.C.C.C.C.C.C.CC[C@]12CCC(=O)C=C1CC[C@@H]1[C@@H]2CC[C@]2(C)C(=O)CC[C@@H]12.CC[C@]12CCC(=O)C[C@@H]1CC[C@@H]1[C@@H]2CC[C@]2(C)C(=O)CC[C@@H]12.CC[C@]12CCC(C)=CC1=CC[C@@H]1[C@@H]2CC[C@]2(C)C(=O)CC[C@@H]12.CC[C@]12CC[C@@](C)(O)C[C@@H]1CC[C@@H]1[C@@H]2CC[C@]2(C)C(O)CC[C@@H]12.CC[C@]12CC[C@]3(CO3)C[C@@H]1CC[C@@H]1[C@@H]2CC[C@]2(C)C(=O)CC[C@@H]12.C[C@]12CC[C@H]3[C@@H](CCC4=CC(=O)CC[C@@]43CO)[C@@H]1CCC2=O. The maximum atomic E-state index is 12.5. The second kappa shape index (κ2) is 41.7. The largest absolute Gasteiger partial charge is 0.395 e. The number of hydrogen-bond acceptors (Lipinski definition) is 12. The number of epoxide rings is 1. The highest BCUT2D eigenvalue weighted by Gasteiger charge is 2.70. The van der Waals surface area contributed by atoms with Crippen LogP contribution in [-0.4, -0.2) is 92.1 Å². The summed E-state index contributed by atoms with van der Waals surface area (Å²) in [6, 6.07) is 0. The van der Waals surface area contributed by atoms with E-state index in [2.05, 4.69) is 102 Å². The number of fused-ring (bicyclic) bond motifs is 30. The Balaban J connectivity index is 0.000000141. The number of rotatable bonds is 6. The van der Waals surface area contributed by atoms with Gasteiger partial charge < -0.3 is 20.1 Å². The normalized spacial score (nSPS) is 49.2. The smallest absolute Gasteiger partial charge is 0.155 e. The molecule has 1 spiro atoms. The van der Waals surface area contributed by atoms with Crippen molar-refractivity contribution in [2.45, 2.75) is 512 Å². The molecule has 20 saturated carbocycles. The van der Waals surface area contributed by atoms with Crippen LogP contribution in [0.25, 0.3) is 0 Å². The van der Waals surface area contributed by atoms with Crippen molar-refractivity contribution >= 4 is 46.3 Å². The van der Waals surface area contributed by atoms with E-state index >= 15 is 0 Å². The van der Waals surface area contributed by atoms with E-state index in [1.807, 2.05) is 12.2 Å². The number of hydrogen-bond donors (Lipinski definition) is 3. The molecule has 0 bridgehead atoms. The summed E-state index contributed by atoms with van der Waals surface area (Å²) in [6.45, 7) is 31.2. The quantitative estimate of drug-likeness (QED) is 0.212. The summed E-state index contributed by atoms with van der Waals surface area (Å²) in [5.41, 5.74) is 7.90. The summed E-state index contributed by atoms with van der Waals surface area (Å²) in [6.07, 6.45) is 70.7. The fraction of sp³-hybridized carbons (Fsp3) is 0.876. The molecule has 12 heteroatoms. The summed E-state index contributed by atoms with van der Waals surface area (Å²) in [7, 11) is 0. The molecule has 0 amide bonds. The zero-order valence-corrected chi connectivity index (χ0v) is 86.3. The molecular weight excluding hydrogens is 1740 g/mol. The van der Waals surface area contributed by atoms with Gasteiger partial charge in [-0.1, -0.05) is 157 Å². The first kappa shape index (κ1) is 114. The van der Waals surface area contributed by atoms with Crippen LogP contribution in [0.1, 0.15) is 495 Å². The molecule has 1 aliphatic heterocycles. The highest BCUT2D eigenvalue weighted by molar-refractivity contribution is 5.93. The summed E-state index contributed by atoms with van der Waals surface area (Å²) < 4.78 is 5.87. The standard InChI is InChI=1S/C21H32O2.C21H36O2.C21H30O.C20H30O2.C20H28O2.C19H26O3.7CH4/c1-3-21-11-10-20(13-23-20)12-14(21)4-5-15-16-6-7-18(22)19(16,2)9-8-17(15)21;1-4-21-12-11-19(2,23)13-14(21)5-6-15-16-7-8-18(22)20(16,3)10-9-17(15)21;1-4-21-12-9-14(2)13-15(21)5-6-16-17-7-8-19(22)20(17,3)11-10-18(16)21;2*1-3-20-11-8-14(21)12-13(20)4-5-15-16-6-7-18(22)19(16,2)10-9-17(15)20;1-18-8-7-16-14(15(18)4-5-17(18)22)3-2-12-10-13(21)6-9-19(12,16)11-20;;;;;;;/h14-17H,3-13H2,1-2H3;14-18,22-23H,4-13H2,1-3H3;5,13,16-18H,4,6-12H2,1-3H3;13,15-17H,3-12H2,1-2H3;12,15-17H,3-11H2,1-2H3;10,14-16,20H,2-9,11H2,1H3;7*1H4/t14-,15-,16-,17-,19-,20+,21-;14-,15-,16-,17-,18?,19+,20-,21-;16-,17-,18-,20-,21-;13-,15-,16-,17-,19-,20-;15-,16-,17-,19-,20-;14-,15-,16-,18-,19+;;;;;;;/m000000......./s1. The molecule has 0 aromatic heterocycles. The first-order valence-electron chi connectivity index (χ1n) is 57.6. The number of aliphatic hydroxyl groups excluding tert-OH is 2. The second-order valence-electron chi connectivity index (χ2n) is 54.3. The summed E-state index contributed by atoms with van der Waals surface area (Å²) in [5, 5.41) is 31.4. The molecule has 0 aromatic rings. The van der Waals surface area contributed by atoms with Crippen LogP contribution in [0.5, 0.6) is 0 Å². The van der Waals surface area contributed by atoms with Gasteiger partial charge in [0.15, 0.2) is 11.6 Å². The topological polar surface area (TPSA) is 210 Å². The van der Waals surface area contributed by atoms with Crippen LogP contribution >= 0.6 is 0 Å². The lowest BCUT2D eigenvalue weighted by Gasteiger charge is -2.62. The van der Waals surface area contributed by atoms with Gasteiger partial charge in [-0.15, -0.1) is 0 Å². The number of ether oxygens (including phenoxy) is 1. The van der Waals surface area contributed by atoms with Crippen molar-refractivity contribution < 1.29 is 58.4 Å². The Bertz CT molecular complexity index is 4600. The Hall–Kier alpha value is -3.84. The Morgan fingerprint density at radius 3 is 1.15 bits per heavy atom. The van der Waals surface area contributed by atoms with Crippen LogP contribution in [0.4, 0.5) is 0 Å². The van der Waals surface area contributed by atoms with E-state index in [4.69, 9.17) is 4.74 Å². The van der Waals surface area contributed by atoms with Gasteiger partial charge in [0.1, 0.15) is 34.7 Å². The Morgan fingerprint density at radius 2 is 0.702 bits per heavy atom. The molecule has 25 rings (SSSR count).